The Bertz CT molecular complexity index is 500. The van der Waals surface area contributed by atoms with Crippen molar-refractivity contribution in [3.05, 3.63) is 35.2 Å². The van der Waals surface area contributed by atoms with Crippen molar-refractivity contribution in [2.45, 2.75) is 11.8 Å². The van der Waals surface area contributed by atoms with Gasteiger partial charge in [0.05, 0.1) is 12.0 Å². The average Bonchev–Trinajstić information content (AvgIpc) is 2.18. The molecule has 0 bridgehead atoms. The van der Waals surface area contributed by atoms with Gasteiger partial charge in [-0.3, -0.25) is 4.85 Å². The minimum absolute atomic E-state index is 0.126. The molecule has 0 aliphatic rings. The molecular weight excluding hydrogens is 214 g/mol. The van der Waals surface area contributed by atoms with Crippen LogP contribution in [0.1, 0.15) is 5.56 Å². The standard InChI is InChI=1S/C10H11NO3S/c1-8-4-5-9(6-10(8)14-3)15(12,13)7-11-2/h4-6H,7H2,1,3H3. The van der Waals surface area contributed by atoms with E-state index in [0.29, 0.717) is 5.75 Å². The molecule has 4 nitrogen and oxygen atoms in total. The van der Waals surface area contributed by atoms with Gasteiger partial charge in [0.2, 0.25) is 0 Å². The summed E-state index contributed by atoms with van der Waals surface area (Å²) in [5.41, 5.74) is 0.860. The zero-order chi connectivity index (χ0) is 11.5. The SMILES string of the molecule is [C-]#[N+]CS(=O)(=O)c1ccc(C)c(OC)c1. The topological polar surface area (TPSA) is 47.7 Å². The number of sulfone groups is 1. The molecule has 1 aromatic rings. The van der Waals surface area contributed by atoms with E-state index < -0.39 is 15.7 Å². The van der Waals surface area contributed by atoms with Crippen LogP contribution in [0.25, 0.3) is 4.85 Å². The minimum Gasteiger partial charge on any atom is -0.496 e. The molecule has 0 radical (unpaired) electrons. The van der Waals surface area contributed by atoms with Crippen LogP contribution in [0.15, 0.2) is 23.1 Å². The van der Waals surface area contributed by atoms with Gasteiger partial charge in [-0.2, -0.15) is 0 Å². The molecule has 15 heavy (non-hydrogen) atoms. The Kier molecular flexibility index (Phi) is 3.32. The number of hydrogen-bond acceptors (Lipinski definition) is 3. The van der Waals surface area contributed by atoms with Crippen LogP contribution in [0.3, 0.4) is 0 Å². The number of benzene rings is 1. The Hall–Kier alpha value is -1.54. The Morgan fingerprint density at radius 1 is 1.47 bits per heavy atom. The highest BCUT2D eigenvalue weighted by atomic mass is 32.2. The highest BCUT2D eigenvalue weighted by Crippen LogP contribution is 2.22. The minimum atomic E-state index is -3.49. The third-order valence-corrected chi connectivity index (χ3v) is 3.41. The molecule has 0 saturated carbocycles. The van der Waals surface area contributed by atoms with Gasteiger partial charge >= 0.3 is 5.88 Å². The van der Waals surface area contributed by atoms with E-state index in [1.807, 2.05) is 6.92 Å². The second-order valence-corrected chi connectivity index (χ2v) is 4.99. The summed E-state index contributed by atoms with van der Waals surface area (Å²) in [7, 11) is -2.01. The molecule has 0 aliphatic carbocycles. The molecular formula is C10H11NO3S. The highest BCUT2D eigenvalue weighted by Gasteiger charge is 2.18. The van der Waals surface area contributed by atoms with Crippen molar-refractivity contribution in [2.24, 2.45) is 0 Å². The molecule has 80 valence electrons. The van der Waals surface area contributed by atoms with Crippen LogP contribution in [0.5, 0.6) is 5.75 Å². The number of nitrogens with zero attached hydrogens (tertiary/aromatic N) is 1. The van der Waals surface area contributed by atoms with Crippen molar-refractivity contribution in [3.63, 3.8) is 0 Å². The molecule has 0 N–H and O–H groups in total. The lowest BCUT2D eigenvalue weighted by molar-refractivity contribution is 0.410. The van der Waals surface area contributed by atoms with Crippen LogP contribution >= 0.6 is 0 Å². The van der Waals surface area contributed by atoms with E-state index in [-0.39, 0.29) is 4.90 Å². The van der Waals surface area contributed by atoms with Crippen LogP contribution < -0.4 is 4.74 Å². The smallest absolute Gasteiger partial charge is 0.316 e. The Morgan fingerprint density at radius 2 is 2.13 bits per heavy atom. The van der Waals surface area contributed by atoms with Gasteiger partial charge in [0.1, 0.15) is 5.75 Å². The predicted octanol–water partition coefficient (Wildman–Crippen LogP) is 1.65. The third kappa shape index (κ3) is 2.48. The zero-order valence-electron chi connectivity index (χ0n) is 8.52. The molecule has 0 unspecified atom stereocenters. The highest BCUT2D eigenvalue weighted by molar-refractivity contribution is 7.91. The molecule has 0 spiro atoms. The molecule has 0 aromatic heterocycles. The Labute approximate surface area is 89.2 Å². The van der Waals surface area contributed by atoms with E-state index in [1.165, 1.54) is 19.2 Å². The Balaban J connectivity index is 3.24. The summed E-state index contributed by atoms with van der Waals surface area (Å²) in [6, 6.07) is 4.59. The van der Waals surface area contributed by atoms with Crippen molar-refractivity contribution in [1.29, 1.82) is 0 Å². The van der Waals surface area contributed by atoms with Crippen molar-refractivity contribution in [3.8, 4) is 5.75 Å². The molecule has 5 heteroatoms. The van der Waals surface area contributed by atoms with Gasteiger partial charge in [-0.05, 0) is 24.6 Å². The average molecular weight is 225 g/mol. The largest absolute Gasteiger partial charge is 0.496 e. The number of methoxy groups -OCH3 is 1. The van der Waals surface area contributed by atoms with Gasteiger partial charge in [0, 0.05) is 0 Å². The van der Waals surface area contributed by atoms with Gasteiger partial charge in [-0.1, -0.05) is 6.07 Å². The fraction of sp³-hybridized carbons (Fsp3) is 0.300. The van der Waals surface area contributed by atoms with Crippen LogP contribution in [-0.4, -0.2) is 21.4 Å². The van der Waals surface area contributed by atoms with Crippen molar-refractivity contribution in [2.75, 3.05) is 13.0 Å². The van der Waals surface area contributed by atoms with E-state index >= 15 is 0 Å². The summed E-state index contributed by atoms with van der Waals surface area (Å²) in [4.78, 5) is 3.01. The quantitative estimate of drug-likeness (QED) is 0.735. The van der Waals surface area contributed by atoms with Crippen molar-refractivity contribution >= 4 is 9.84 Å². The summed E-state index contributed by atoms with van der Waals surface area (Å²) in [5.74, 6) is -0.0137. The van der Waals surface area contributed by atoms with E-state index in [0.717, 1.165) is 5.56 Å². The zero-order valence-corrected chi connectivity index (χ0v) is 9.34. The second-order valence-electron chi connectivity index (χ2n) is 3.03. The summed E-state index contributed by atoms with van der Waals surface area (Å²) >= 11 is 0. The molecule has 1 aromatic carbocycles. The van der Waals surface area contributed by atoms with Crippen LogP contribution in [-0.2, 0) is 9.84 Å². The van der Waals surface area contributed by atoms with Gasteiger partial charge in [-0.25, -0.2) is 15.0 Å². The van der Waals surface area contributed by atoms with Gasteiger partial charge in [0.15, 0.2) is 0 Å². The van der Waals surface area contributed by atoms with Crippen molar-refractivity contribution in [1.82, 2.24) is 0 Å². The van der Waals surface area contributed by atoms with Gasteiger partial charge < -0.3 is 4.74 Å². The number of rotatable bonds is 3. The normalized spacial score (nSPS) is 10.7. The second kappa shape index (κ2) is 4.32. The first kappa shape index (κ1) is 11.5. The first-order chi connectivity index (χ1) is 7.01. The molecule has 0 aliphatic heterocycles. The van der Waals surface area contributed by atoms with E-state index in [2.05, 4.69) is 4.85 Å². The summed E-state index contributed by atoms with van der Waals surface area (Å²) in [6.45, 7) is 8.39. The molecule has 0 atom stereocenters. The maximum absolute atomic E-state index is 11.5. The monoisotopic (exact) mass is 225 g/mol. The molecule has 0 fully saturated rings. The molecule has 0 heterocycles. The summed E-state index contributed by atoms with van der Waals surface area (Å²) < 4.78 is 28.1. The maximum atomic E-state index is 11.5. The number of ether oxygens (including phenoxy) is 1. The van der Waals surface area contributed by atoms with Gasteiger partial charge in [0.25, 0.3) is 9.84 Å². The first-order valence-corrected chi connectivity index (χ1v) is 5.87. The lowest BCUT2D eigenvalue weighted by Gasteiger charge is -2.05. The lowest BCUT2D eigenvalue weighted by atomic mass is 10.2. The Morgan fingerprint density at radius 3 is 2.67 bits per heavy atom. The summed E-state index contributed by atoms with van der Waals surface area (Å²) in [6.07, 6.45) is 0. The fourth-order valence-electron chi connectivity index (χ4n) is 1.15. The number of hydrogen-bond donors (Lipinski definition) is 0. The summed E-state index contributed by atoms with van der Waals surface area (Å²) in [5, 5.41) is 0. The van der Waals surface area contributed by atoms with E-state index in [1.54, 1.807) is 6.07 Å². The molecule has 0 saturated heterocycles. The molecule has 0 amide bonds. The maximum Gasteiger partial charge on any atom is 0.316 e. The van der Waals surface area contributed by atoms with Crippen LogP contribution in [0.4, 0.5) is 0 Å². The first-order valence-electron chi connectivity index (χ1n) is 4.22. The fourth-order valence-corrected chi connectivity index (χ4v) is 2.03. The lowest BCUT2D eigenvalue weighted by Crippen LogP contribution is -2.04. The van der Waals surface area contributed by atoms with E-state index in [9.17, 15) is 8.42 Å². The number of aryl methyl sites for hydroxylation is 1. The van der Waals surface area contributed by atoms with Crippen molar-refractivity contribution < 1.29 is 13.2 Å². The van der Waals surface area contributed by atoms with E-state index in [4.69, 9.17) is 11.3 Å². The third-order valence-electron chi connectivity index (χ3n) is 1.97. The van der Waals surface area contributed by atoms with Crippen LogP contribution in [0.2, 0.25) is 0 Å². The predicted molar refractivity (Wildman–Crippen MR) is 56.4 cm³/mol. The van der Waals surface area contributed by atoms with Gasteiger partial charge in [-0.15, -0.1) is 0 Å². The van der Waals surface area contributed by atoms with Crippen LogP contribution in [0, 0.1) is 13.5 Å². The molecule has 1 rings (SSSR count).